The third-order valence-electron chi connectivity index (χ3n) is 3.52. The Labute approximate surface area is 121 Å². The third kappa shape index (κ3) is 2.40. The van der Waals surface area contributed by atoms with Crippen LogP contribution in [-0.2, 0) is 0 Å². The lowest BCUT2D eigenvalue weighted by molar-refractivity contribution is 0.171. The van der Waals surface area contributed by atoms with Gasteiger partial charge in [0.05, 0.1) is 7.11 Å². The van der Waals surface area contributed by atoms with Gasteiger partial charge in [-0.3, -0.25) is 0 Å². The van der Waals surface area contributed by atoms with E-state index in [1.54, 1.807) is 25.1 Å². The minimum Gasteiger partial charge on any atom is -0.493 e. The van der Waals surface area contributed by atoms with Gasteiger partial charge in [-0.05, 0) is 47.9 Å². The molecule has 3 rings (SSSR count). The number of hydrogen-bond donors (Lipinski definition) is 1. The first-order valence-corrected chi connectivity index (χ1v) is 6.52. The van der Waals surface area contributed by atoms with E-state index in [0.29, 0.717) is 33.9 Å². The van der Waals surface area contributed by atoms with Gasteiger partial charge in [0.15, 0.2) is 11.5 Å². The fourth-order valence-electron chi connectivity index (χ4n) is 2.43. The van der Waals surface area contributed by atoms with Gasteiger partial charge in [0.1, 0.15) is 11.9 Å². The molecule has 1 atom stereocenters. The highest BCUT2D eigenvalue weighted by molar-refractivity contribution is 5.56. The molecule has 1 aliphatic rings. The summed E-state index contributed by atoms with van der Waals surface area (Å²) in [5, 5.41) is 10.5. The maximum absolute atomic E-state index is 13.2. The Kier molecular flexibility index (Phi) is 3.43. The molecule has 1 heterocycles. The van der Waals surface area contributed by atoms with Gasteiger partial charge < -0.3 is 19.3 Å². The lowest BCUT2D eigenvalue weighted by Crippen LogP contribution is -2.03. The van der Waals surface area contributed by atoms with Crippen molar-refractivity contribution in [3.8, 4) is 17.2 Å². The number of benzene rings is 2. The molecule has 110 valence electrons. The van der Waals surface area contributed by atoms with Gasteiger partial charge in [-0.1, -0.05) is 6.07 Å². The van der Waals surface area contributed by atoms with Crippen LogP contribution >= 0.6 is 0 Å². The molecule has 5 heteroatoms. The molecule has 0 amide bonds. The minimum atomic E-state index is -0.894. The monoisotopic (exact) mass is 290 g/mol. The highest BCUT2D eigenvalue weighted by Gasteiger charge is 2.23. The van der Waals surface area contributed by atoms with Crippen LogP contribution in [-0.4, -0.2) is 19.0 Å². The molecule has 0 spiro atoms. The number of aliphatic hydroxyl groups excluding tert-OH is 1. The molecule has 1 unspecified atom stereocenters. The third-order valence-corrected chi connectivity index (χ3v) is 3.52. The lowest BCUT2D eigenvalue weighted by atomic mass is 9.97. The molecule has 0 radical (unpaired) electrons. The minimum absolute atomic E-state index is 0.126. The second kappa shape index (κ2) is 5.26. The van der Waals surface area contributed by atoms with Gasteiger partial charge in [0, 0.05) is 0 Å². The quantitative estimate of drug-likeness (QED) is 0.944. The van der Waals surface area contributed by atoms with Crippen LogP contribution in [0, 0.1) is 12.7 Å². The largest absolute Gasteiger partial charge is 0.493 e. The van der Waals surface area contributed by atoms with E-state index in [1.165, 1.54) is 19.2 Å². The van der Waals surface area contributed by atoms with Crippen molar-refractivity contribution in [2.75, 3.05) is 13.9 Å². The summed E-state index contributed by atoms with van der Waals surface area (Å²) in [7, 11) is 1.52. The second-order valence-corrected chi connectivity index (χ2v) is 4.86. The molecule has 0 aromatic heterocycles. The zero-order chi connectivity index (χ0) is 15.0. The maximum Gasteiger partial charge on any atom is 0.231 e. The Morgan fingerprint density at radius 3 is 2.76 bits per heavy atom. The van der Waals surface area contributed by atoms with Crippen LogP contribution in [0.2, 0.25) is 0 Å². The van der Waals surface area contributed by atoms with Crippen molar-refractivity contribution in [2.24, 2.45) is 0 Å². The molecule has 1 N–H and O–H groups in total. The molecule has 0 saturated carbocycles. The van der Waals surface area contributed by atoms with Gasteiger partial charge in [0.25, 0.3) is 0 Å². The first-order chi connectivity index (χ1) is 10.1. The van der Waals surface area contributed by atoms with E-state index in [9.17, 15) is 9.50 Å². The van der Waals surface area contributed by atoms with E-state index >= 15 is 0 Å². The van der Waals surface area contributed by atoms with Gasteiger partial charge in [0.2, 0.25) is 12.5 Å². The second-order valence-electron chi connectivity index (χ2n) is 4.86. The average Bonchev–Trinajstić information content (AvgIpc) is 2.94. The Morgan fingerprint density at radius 2 is 2.05 bits per heavy atom. The Balaban J connectivity index is 2.03. The maximum atomic E-state index is 13.2. The average molecular weight is 290 g/mol. The van der Waals surface area contributed by atoms with Crippen LogP contribution in [0.15, 0.2) is 30.3 Å². The first-order valence-electron chi connectivity index (χ1n) is 6.52. The summed E-state index contributed by atoms with van der Waals surface area (Å²) in [4.78, 5) is 0. The molecule has 0 bridgehead atoms. The van der Waals surface area contributed by atoms with E-state index in [2.05, 4.69) is 0 Å². The summed E-state index contributed by atoms with van der Waals surface area (Å²) in [6.07, 6.45) is -0.894. The van der Waals surface area contributed by atoms with Crippen LogP contribution in [0.5, 0.6) is 17.2 Å². The zero-order valence-electron chi connectivity index (χ0n) is 11.7. The number of rotatable bonds is 3. The molecular weight excluding hydrogens is 275 g/mol. The molecule has 4 nitrogen and oxygen atoms in total. The number of aryl methyl sites for hydroxylation is 1. The van der Waals surface area contributed by atoms with Crippen molar-refractivity contribution in [1.29, 1.82) is 0 Å². The van der Waals surface area contributed by atoms with Crippen LogP contribution < -0.4 is 14.2 Å². The number of aliphatic hydroxyl groups is 1. The molecular formula is C16H15FO4. The summed E-state index contributed by atoms with van der Waals surface area (Å²) in [5.74, 6) is 1.23. The Bertz CT molecular complexity index is 684. The SMILES string of the molecule is COc1cc(C(O)c2ccc(F)cc2C)cc2c1OCO2. The molecule has 1 aliphatic heterocycles. The van der Waals surface area contributed by atoms with E-state index in [0.717, 1.165) is 0 Å². The van der Waals surface area contributed by atoms with Crippen molar-refractivity contribution in [1.82, 2.24) is 0 Å². The number of methoxy groups -OCH3 is 1. The number of fused-ring (bicyclic) bond motifs is 1. The van der Waals surface area contributed by atoms with Gasteiger partial charge in [-0.2, -0.15) is 0 Å². The summed E-state index contributed by atoms with van der Waals surface area (Å²) in [6.45, 7) is 1.88. The fraction of sp³-hybridized carbons (Fsp3) is 0.250. The first kappa shape index (κ1) is 13.7. The van der Waals surface area contributed by atoms with E-state index < -0.39 is 6.10 Å². The van der Waals surface area contributed by atoms with Crippen LogP contribution in [0.25, 0.3) is 0 Å². The van der Waals surface area contributed by atoms with Crippen molar-refractivity contribution in [3.63, 3.8) is 0 Å². The van der Waals surface area contributed by atoms with Crippen molar-refractivity contribution >= 4 is 0 Å². The molecule has 2 aromatic carbocycles. The predicted molar refractivity (Wildman–Crippen MR) is 74.3 cm³/mol. The van der Waals surface area contributed by atoms with Gasteiger partial charge in [-0.25, -0.2) is 4.39 Å². The van der Waals surface area contributed by atoms with Crippen molar-refractivity contribution < 1.29 is 23.7 Å². The summed E-state index contributed by atoms with van der Waals surface area (Å²) in [6, 6.07) is 7.70. The van der Waals surface area contributed by atoms with Gasteiger partial charge in [-0.15, -0.1) is 0 Å². The van der Waals surface area contributed by atoms with Crippen molar-refractivity contribution in [2.45, 2.75) is 13.0 Å². The molecule has 21 heavy (non-hydrogen) atoms. The van der Waals surface area contributed by atoms with Crippen molar-refractivity contribution in [3.05, 3.63) is 52.8 Å². The predicted octanol–water partition coefficient (Wildman–Crippen LogP) is 2.95. The Morgan fingerprint density at radius 1 is 1.24 bits per heavy atom. The summed E-state index contributed by atoms with van der Waals surface area (Å²) >= 11 is 0. The summed E-state index contributed by atoms with van der Waals surface area (Å²) in [5.41, 5.74) is 1.92. The highest BCUT2D eigenvalue weighted by atomic mass is 19.1. The molecule has 0 fully saturated rings. The standard InChI is InChI=1S/C16H15FO4/c1-9-5-11(17)3-4-12(9)15(18)10-6-13(19-2)16-14(7-10)20-8-21-16/h3-7,15,18H,8H2,1-2H3. The van der Waals surface area contributed by atoms with Crippen LogP contribution in [0.3, 0.4) is 0 Å². The number of hydrogen-bond acceptors (Lipinski definition) is 4. The number of ether oxygens (including phenoxy) is 3. The molecule has 0 aliphatic carbocycles. The van der Waals surface area contributed by atoms with Gasteiger partial charge >= 0.3 is 0 Å². The molecule has 0 saturated heterocycles. The molecule has 2 aromatic rings. The fourth-order valence-corrected chi connectivity index (χ4v) is 2.43. The van der Waals surface area contributed by atoms with Crippen LogP contribution in [0.1, 0.15) is 22.8 Å². The van der Waals surface area contributed by atoms with E-state index in [1.807, 2.05) is 0 Å². The summed E-state index contributed by atoms with van der Waals surface area (Å²) < 4.78 is 29.1. The topological polar surface area (TPSA) is 47.9 Å². The zero-order valence-corrected chi connectivity index (χ0v) is 11.7. The van der Waals surface area contributed by atoms with E-state index in [-0.39, 0.29) is 12.6 Å². The van der Waals surface area contributed by atoms with E-state index in [4.69, 9.17) is 14.2 Å². The Hall–Kier alpha value is -2.27. The van der Waals surface area contributed by atoms with Crippen LogP contribution in [0.4, 0.5) is 4.39 Å². The lowest BCUT2D eigenvalue weighted by Gasteiger charge is -2.16. The smallest absolute Gasteiger partial charge is 0.231 e. The number of halogens is 1. The highest BCUT2D eigenvalue weighted by Crippen LogP contribution is 2.43. The normalized spacial score (nSPS) is 14.1.